The van der Waals surface area contributed by atoms with E-state index in [1.807, 2.05) is 44.3 Å². The highest BCUT2D eigenvalue weighted by Gasteiger charge is 2.15. The highest BCUT2D eigenvalue weighted by atomic mass is 16.7. The summed E-state index contributed by atoms with van der Waals surface area (Å²) in [5.41, 5.74) is 2.74. The van der Waals surface area contributed by atoms with Gasteiger partial charge in [0, 0.05) is 19.1 Å². The molecule has 1 fully saturated rings. The van der Waals surface area contributed by atoms with Crippen molar-refractivity contribution < 1.29 is 14.3 Å². The van der Waals surface area contributed by atoms with E-state index in [2.05, 4.69) is 15.6 Å². The van der Waals surface area contributed by atoms with Crippen LogP contribution in [0.15, 0.2) is 30.5 Å². The fourth-order valence-electron chi connectivity index (χ4n) is 2.83. The van der Waals surface area contributed by atoms with Crippen molar-refractivity contribution in [1.82, 2.24) is 20.3 Å². The van der Waals surface area contributed by atoms with Gasteiger partial charge in [-0.1, -0.05) is 31.2 Å². The Hall–Kier alpha value is -2.25. The first-order valence-corrected chi connectivity index (χ1v) is 9.67. The van der Waals surface area contributed by atoms with Crippen LogP contribution in [-0.2, 0) is 27.4 Å². The first kappa shape index (κ1) is 19.5. The normalized spacial score (nSPS) is 18.2. The van der Waals surface area contributed by atoms with Crippen LogP contribution in [0.2, 0.25) is 0 Å². The van der Waals surface area contributed by atoms with E-state index in [1.54, 1.807) is 4.68 Å². The predicted molar refractivity (Wildman–Crippen MR) is 101 cm³/mol. The minimum Gasteiger partial charge on any atom is -0.353 e. The zero-order valence-corrected chi connectivity index (χ0v) is 16.1. The molecule has 27 heavy (non-hydrogen) atoms. The average molecular weight is 372 g/mol. The lowest BCUT2D eigenvalue weighted by molar-refractivity contribution is -0.169. The molecule has 2 unspecified atom stereocenters. The summed E-state index contributed by atoms with van der Waals surface area (Å²) in [5, 5.41) is 11.3. The van der Waals surface area contributed by atoms with Gasteiger partial charge in [0.25, 0.3) is 0 Å². The molecule has 0 aliphatic carbocycles. The first-order valence-electron chi connectivity index (χ1n) is 9.67. The zero-order valence-electron chi connectivity index (χ0n) is 16.1. The SMILES string of the molecule is CCC(C)C(=O)NCc1ccc(-n2cc(COC3CCCCO3)nn2)cc1. The Labute approximate surface area is 160 Å². The molecule has 7 heteroatoms. The molecular weight excluding hydrogens is 344 g/mol. The Morgan fingerprint density at radius 2 is 2.19 bits per heavy atom. The maximum atomic E-state index is 11.9. The number of amides is 1. The third-order valence-corrected chi connectivity index (χ3v) is 4.82. The number of nitrogens with zero attached hydrogens (tertiary/aromatic N) is 3. The molecule has 1 amide bonds. The molecule has 1 aliphatic rings. The summed E-state index contributed by atoms with van der Waals surface area (Å²) in [7, 11) is 0. The van der Waals surface area contributed by atoms with Crippen molar-refractivity contribution in [1.29, 1.82) is 0 Å². The van der Waals surface area contributed by atoms with Crippen LogP contribution in [0.25, 0.3) is 5.69 Å². The number of rotatable bonds is 8. The molecule has 0 radical (unpaired) electrons. The Morgan fingerprint density at radius 3 is 2.89 bits per heavy atom. The van der Waals surface area contributed by atoms with Gasteiger partial charge in [-0.25, -0.2) is 4.68 Å². The van der Waals surface area contributed by atoms with Gasteiger partial charge in [-0.15, -0.1) is 5.10 Å². The number of nitrogens with one attached hydrogen (secondary N) is 1. The largest absolute Gasteiger partial charge is 0.353 e. The van der Waals surface area contributed by atoms with Gasteiger partial charge in [-0.3, -0.25) is 4.79 Å². The maximum Gasteiger partial charge on any atom is 0.223 e. The lowest BCUT2D eigenvalue weighted by Gasteiger charge is -2.22. The molecule has 7 nitrogen and oxygen atoms in total. The summed E-state index contributed by atoms with van der Waals surface area (Å²) < 4.78 is 13.0. The van der Waals surface area contributed by atoms with Crippen LogP contribution in [0.4, 0.5) is 0 Å². The second-order valence-electron chi connectivity index (χ2n) is 6.96. The van der Waals surface area contributed by atoms with Crippen LogP contribution in [0.3, 0.4) is 0 Å². The van der Waals surface area contributed by atoms with Gasteiger partial charge in [0.1, 0.15) is 5.69 Å². The minimum absolute atomic E-state index is 0.0408. The first-order chi connectivity index (χ1) is 13.2. The Morgan fingerprint density at radius 1 is 1.37 bits per heavy atom. The number of hydrogen-bond donors (Lipinski definition) is 1. The maximum absolute atomic E-state index is 11.9. The minimum atomic E-state index is -0.131. The van der Waals surface area contributed by atoms with Crippen molar-refractivity contribution >= 4 is 5.91 Å². The van der Waals surface area contributed by atoms with E-state index in [0.717, 1.165) is 49.2 Å². The Kier molecular flexibility index (Phi) is 6.95. The third kappa shape index (κ3) is 5.61. The summed E-state index contributed by atoms with van der Waals surface area (Å²) in [6.45, 7) is 5.64. The van der Waals surface area contributed by atoms with Crippen LogP contribution in [0.1, 0.15) is 50.8 Å². The summed E-state index contributed by atoms with van der Waals surface area (Å²) in [6, 6.07) is 7.91. The highest BCUT2D eigenvalue weighted by molar-refractivity contribution is 5.78. The highest BCUT2D eigenvalue weighted by Crippen LogP contribution is 2.15. The van der Waals surface area contributed by atoms with Crippen molar-refractivity contribution in [3.63, 3.8) is 0 Å². The van der Waals surface area contributed by atoms with Crippen molar-refractivity contribution in [3.05, 3.63) is 41.7 Å². The number of carbonyl (C=O) groups is 1. The van der Waals surface area contributed by atoms with Gasteiger partial charge in [0.2, 0.25) is 5.91 Å². The van der Waals surface area contributed by atoms with Crippen LogP contribution < -0.4 is 5.32 Å². The van der Waals surface area contributed by atoms with E-state index in [1.165, 1.54) is 0 Å². The molecule has 1 aromatic carbocycles. The molecule has 146 valence electrons. The van der Waals surface area contributed by atoms with Crippen molar-refractivity contribution in [2.24, 2.45) is 5.92 Å². The second kappa shape index (κ2) is 9.62. The molecule has 0 spiro atoms. The monoisotopic (exact) mass is 372 g/mol. The lowest BCUT2D eigenvalue weighted by atomic mass is 10.1. The smallest absolute Gasteiger partial charge is 0.223 e. The van der Waals surface area contributed by atoms with Gasteiger partial charge >= 0.3 is 0 Å². The zero-order chi connectivity index (χ0) is 19.1. The van der Waals surface area contributed by atoms with Crippen LogP contribution in [-0.4, -0.2) is 33.8 Å². The quantitative estimate of drug-likeness (QED) is 0.771. The van der Waals surface area contributed by atoms with Crippen molar-refractivity contribution in [2.45, 2.75) is 59.0 Å². The fraction of sp³-hybridized carbons (Fsp3) is 0.550. The molecule has 1 aliphatic heterocycles. The molecule has 1 aromatic heterocycles. The van der Waals surface area contributed by atoms with Gasteiger partial charge in [0.05, 0.1) is 18.5 Å². The van der Waals surface area contributed by atoms with Gasteiger partial charge in [-0.2, -0.15) is 0 Å². The van der Waals surface area contributed by atoms with E-state index < -0.39 is 0 Å². The van der Waals surface area contributed by atoms with Gasteiger partial charge in [0.15, 0.2) is 6.29 Å². The van der Waals surface area contributed by atoms with E-state index in [4.69, 9.17) is 9.47 Å². The summed E-state index contributed by atoms with van der Waals surface area (Å²) in [6.07, 6.45) is 5.75. The summed E-state index contributed by atoms with van der Waals surface area (Å²) in [5.74, 6) is 0.128. The lowest BCUT2D eigenvalue weighted by Crippen LogP contribution is -2.28. The molecule has 1 N–H and O–H groups in total. The van der Waals surface area contributed by atoms with Crippen molar-refractivity contribution in [2.75, 3.05) is 6.61 Å². The molecule has 2 heterocycles. The average Bonchev–Trinajstić information content (AvgIpc) is 3.20. The van der Waals surface area contributed by atoms with E-state index in [-0.39, 0.29) is 18.1 Å². The number of aromatic nitrogens is 3. The van der Waals surface area contributed by atoms with Crippen LogP contribution in [0, 0.1) is 5.92 Å². The molecule has 0 bridgehead atoms. The second-order valence-corrected chi connectivity index (χ2v) is 6.96. The number of carbonyl (C=O) groups excluding carboxylic acids is 1. The summed E-state index contributed by atoms with van der Waals surface area (Å²) >= 11 is 0. The molecule has 2 atom stereocenters. The standard InChI is InChI=1S/C20H28N4O3/c1-3-15(2)20(25)21-12-16-7-9-18(10-8-16)24-13-17(22-23-24)14-27-19-6-4-5-11-26-19/h7-10,13,15,19H,3-6,11-12,14H2,1-2H3,(H,21,25). The number of hydrogen-bond acceptors (Lipinski definition) is 5. The van der Waals surface area contributed by atoms with Crippen LogP contribution >= 0.6 is 0 Å². The predicted octanol–water partition coefficient (Wildman–Crippen LogP) is 2.97. The van der Waals surface area contributed by atoms with Crippen molar-refractivity contribution in [3.8, 4) is 5.69 Å². The number of benzene rings is 1. The molecule has 2 aromatic rings. The molecule has 3 rings (SSSR count). The van der Waals surface area contributed by atoms with Gasteiger partial charge in [-0.05, 0) is 43.4 Å². The topological polar surface area (TPSA) is 78.3 Å². The molecule has 0 saturated carbocycles. The van der Waals surface area contributed by atoms with E-state index in [9.17, 15) is 4.79 Å². The van der Waals surface area contributed by atoms with E-state index >= 15 is 0 Å². The summed E-state index contributed by atoms with van der Waals surface area (Å²) in [4.78, 5) is 11.9. The van der Waals surface area contributed by atoms with Gasteiger partial charge < -0.3 is 14.8 Å². The van der Waals surface area contributed by atoms with Crippen LogP contribution in [0.5, 0.6) is 0 Å². The number of ether oxygens (including phenoxy) is 2. The Balaban J connectivity index is 1.51. The third-order valence-electron chi connectivity index (χ3n) is 4.82. The Bertz CT molecular complexity index is 723. The molecule has 1 saturated heterocycles. The molecular formula is C20H28N4O3. The fourth-order valence-corrected chi connectivity index (χ4v) is 2.83. The van der Waals surface area contributed by atoms with E-state index in [0.29, 0.717) is 13.2 Å².